The number of aliphatic hydroxyl groups excluding tert-OH is 1. The molecule has 0 amide bonds. The highest BCUT2D eigenvalue weighted by atomic mass is 32.2. The van der Waals surface area contributed by atoms with Crippen LogP contribution in [0, 0.1) is 12.7 Å². The van der Waals surface area contributed by atoms with Gasteiger partial charge in [-0.1, -0.05) is 36.4 Å². The standard InChI is InChI=1S/C26H25FN2O5S/c1-16-22(12-24(30)31)25-23(11-20(13-28-25)10-17-6-8-21(27)9-7-17)29(26(16)32)14-18-2-4-19(5-3-18)15-35(33)34/h2-9,11,13,24,30-31,35H,10,12,14-15H2,1H3. The van der Waals surface area contributed by atoms with Gasteiger partial charge in [-0.05, 0) is 59.4 Å². The van der Waals surface area contributed by atoms with Gasteiger partial charge >= 0.3 is 0 Å². The Hall–Kier alpha value is -3.40. The van der Waals surface area contributed by atoms with Crippen molar-refractivity contribution in [3.05, 3.63) is 110 Å². The van der Waals surface area contributed by atoms with Gasteiger partial charge in [0.15, 0.2) is 6.29 Å². The smallest absolute Gasteiger partial charge is 0.254 e. The summed E-state index contributed by atoms with van der Waals surface area (Å²) in [5, 5.41) is 19.2. The number of rotatable bonds is 8. The fraction of sp³-hybridized carbons (Fsp3) is 0.231. The zero-order valence-electron chi connectivity index (χ0n) is 19.0. The van der Waals surface area contributed by atoms with E-state index in [2.05, 4.69) is 4.98 Å². The van der Waals surface area contributed by atoms with Crippen LogP contribution in [-0.4, -0.2) is 34.5 Å². The second kappa shape index (κ2) is 10.5. The predicted molar refractivity (Wildman–Crippen MR) is 131 cm³/mol. The van der Waals surface area contributed by atoms with Crippen molar-refractivity contribution in [2.45, 2.75) is 38.4 Å². The summed E-state index contributed by atoms with van der Waals surface area (Å²) >= 11 is 0. The minimum atomic E-state index is -2.53. The van der Waals surface area contributed by atoms with E-state index in [4.69, 9.17) is 0 Å². The van der Waals surface area contributed by atoms with Crippen molar-refractivity contribution in [1.82, 2.24) is 9.55 Å². The molecule has 0 atom stereocenters. The topological polar surface area (TPSA) is 109 Å². The van der Waals surface area contributed by atoms with Crippen LogP contribution in [-0.2, 0) is 35.8 Å². The highest BCUT2D eigenvalue weighted by molar-refractivity contribution is 7.71. The van der Waals surface area contributed by atoms with Crippen molar-refractivity contribution in [3.63, 3.8) is 0 Å². The van der Waals surface area contributed by atoms with Crippen molar-refractivity contribution in [2.24, 2.45) is 0 Å². The molecule has 2 aromatic heterocycles. The van der Waals surface area contributed by atoms with Crippen LogP contribution in [0.4, 0.5) is 4.39 Å². The summed E-state index contributed by atoms with van der Waals surface area (Å²) in [6.45, 7) is 1.86. The van der Waals surface area contributed by atoms with Crippen LogP contribution in [0.25, 0.3) is 11.0 Å². The first-order valence-corrected chi connectivity index (χ1v) is 12.4. The van der Waals surface area contributed by atoms with E-state index in [1.807, 2.05) is 6.07 Å². The van der Waals surface area contributed by atoms with Gasteiger partial charge < -0.3 is 14.8 Å². The number of nitrogens with zero attached hydrogens (tertiary/aromatic N) is 2. The maximum Gasteiger partial charge on any atom is 0.254 e. The van der Waals surface area contributed by atoms with E-state index in [9.17, 15) is 27.8 Å². The summed E-state index contributed by atoms with van der Waals surface area (Å²) in [6, 6.07) is 15.0. The average Bonchev–Trinajstić information content (AvgIpc) is 2.81. The lowest BCUT2D eigenvalue weighted by Gasteiger charge is -2.17. The summed E-state index contributed by atoms with van der Waals surface area (Å²) in [5.41, 5.74) is 4.77. The maximum atomic E-state index is 13.4. The van der Waals surface area contributed by atoms with Gasteiger partial charge in [-0.15, -0.1) is 0 Å². The van der Waals surface area contributed by atoms with Crippen LogP contribution in [0.2, 0.25) is 0 Å². The first kappa shape index (κ1) is 24.7. The molecule has 2 heterocycles. The minimum Gasteiger partial charge on any atom is -0.368 e. The molecule has 4 aromatic rings. The molecule has 182 valence electrons. The van der Waals surface area contributed by atoms with E-state index in [1.165, 1.54) is 12.1 Å². The van der Waals surface area contributed by atoms with Crippen LogP contribution in [0.3, 0.4) is 0 Å². The zero-order chi connectivity index (χ0) is 25.1. The Morgan fingerprint density at radius 3 is 2.23 bits per heavy atom. The van der Waals surface area contributed by atoms with E-state index >= 15 is 0 Å². The Bertz CT molecular complexity index is 1490. The first-order valence-electron chi connectivity index (χ1n) is 11.0. The number of aromatic nitrogens is 2. The third kappa shape index (κ3) is 5.82. The molecule has 4 rings (SSSR count). The number of aliphatic hydroxyl groups is 2. The number of fused-ring (bicyclic) bond motifs is 1. The largest absolute Gasteiger partial charge is 0.368 e. The second-order valence-corrected chi connectivity index (χ2v) is 9.48. The van der Waals surface area contributed by atoms with Crippen LogP contribution in [0.5, 0.6) is 0 Å². The van der Waals surface area contributed by atoms with Crippen molar-refractivity contribution in [2.75, 3.05) is 0 Å². The number of benzene rings is 2. The van der Waals surface area contributed by atoms with Crippen molar-refractivity contribution in [3.8, 4) is 0 Å². The molecular weight excluding hydrogens is 471 g/mol. The zero-order valence-corrected chi connectivity index (χ0v) is 19.9. The molecule has 0 fully saturated rings. The van der Waals surface area contributed by atoms with Gasteiger partial charge in [-0.2, -0.15) is 0 Å². The van der Waals surface area contributed by atoms with E-state index in [0.29, 0.717) is 34.1 Å². The quantitative estimate of drug-likeness (QED) is 0.255. The van der Waals surface area contributed by atoms with Crippen LogP contribution >= 0.6 is 0 Å². The number of thiol groups is 1. The molecule has 0 radical (unpaired) electrons. The number of hydrogen-bond acceptors (Lipinski definition) is 6. The monoisotopic (exact) mass is 496 g/mol. The Morgan fingerprint density at radius 1 is 0.971 bits per heavy atom. The van der Waals surface area contributed by atoms with Crippen molar-refractivity contribution < 1.29 is 23.0 Å². The number of pyridine rings is 2. The molecule has 2 N–H and O–H groups in total. The van der Waals surface area contributed by atoms with Crippen LogP contribution < -0.4 is 5.56 Å². The Morgan fingerprint density at radius 2 is 1.60 bits per heavy atom. The summed E-state index contributed by atoms with van der Waals surface area (Å²) in [4.78, 5) is 17.9. The molecule has 0 aliphatic heterocycles. The van der Waals surface area contributed by atoms with Crippen LogP contribution in [0.1, 0.15) is 33.4 Å². The molecule has 0 spiro atoms. The molecule has 0 aliphatic carbocycles. The SMILES string of the molecule is Cc1c(CC(O)O)c2ncc(Cc3ccc(F)cc3)cc2n(Cc2ccc(C[SH](=O)=O)cc2)c1=O. The highest BCUT2D eigenvalue weighted by Gasteiger charge is 2.18. The summed E-state index contributed by atoms with van der Waals surface area (Å²) < 4.78 is 36.9. The molecule has 35 heavy (non-hydrogen) atoms. The van der Waals surface area contributed by atoms with Crippen LogP contribution in [0.15, 0.2) is 65.6 Å². The van der Waals surface area contributed by atoms with Gasteiger partial charge in [0, 0.05) is 18.2 Å². The van der Waals surface area contributed by atoms with Gasteiger partial charge in [0.1, 0.15) is 16.5 Å². The summed E-state index contributed by atoms with van der Waals surface area (Å²) in [6.07, 6.45) is 0.384. The Kier molecular flexibility index (Phi) is 7.39. The number of halogens is 1. The van der Waals surface area contributed by atoms with E-state index in [-0.39, 0.29) is 30.1 Å². The van der Waals surface area contributed by atoms with Gasteiger partial charge in [0.05, 0.1) is 23.3 Å². The normalized spacial score (nSPS) is 11.6. The maximum absolute atomic E-state index is 13.4. The minimum absolute atomic E-state index is 0.0492. The summed E-state index contributed by atoms with van der Waals surface area (Å²) in [7, 11) is -2.53. The molecule has 7 nitrogen and oxygen atoms in total. The summed E-state index contributed by atoms with van der Waals surface area (Å²) in [5.74, 6) is -0.373. The fourth-order valence-electron chi connectivity index (χ4n) is 4.16. The predicted octanol–water partition coefficient (Wildman–Crippen LogP) is 2.45. The van der Waals surface area contributed by atoms with E-state index in [0.717, 1.165) is 16.7 Å². The van der Waals surface area contributed by atoms with Crippen molar-refractivity contribution in [1.29, 1.82) is 0 Å². The van der Waals surface area contributed by atoms with Gasteiger partial charge in [0.25, 0.3) is 5.56 Å². The first-order chi connectivity index (χ1) is 16.7. The Labute approximate surface area is 203 Å². The van der Waals surface area contributed by atoms with Gasteiger partial charge in [0.2, 0.25) is 0 Å². The molecule has 9 heteroatoms. The fourth-order valence-corrected chi connectivity index (χ4v) is 4.67. The second-order valence-electron chi connectivity index (χ2n) is 8.50. The highest BCUT2D eigenvalue weighted by Crippen LogP contribution is 2.23. The average molecular weight is 497 g/mol. The van der Waals surface area contributed by atoms with E-state index < -0.39 is 17.0 Å². The molecule has 0 saturated carbocycles. The lowest BCUT2D eigenvalue weighted by molar-refractivity contribution is -0.0380. The molecule has 0 aliphatic rings. The Balaban J connectivity index is 1.81. The van der Waals surface area contributed by atoms with E-state index in [1.54, 1.807) is 54.1 Å². The third-order valence-electron chi connectivity index (χ3n) is 5.90. The molecule has 0 saturated heterocycles. The number of hydrogen-bond donors (Lipinski definition) is 3. The van der Waals surface area contributed by atoms with Gasteiger partial charge in [-0.25, -0.2) is 12.8 Å². The lowest BCUT2D eigenvalue weighted by atomic mass is 10.0. The molecule has 0 bridgehead atoms. The lowest BCUT2D eigenvalue weighted by Crippen LogP contribution is -2.27. The van der Waals surface area contributed by atoms with Crippen molar-refractivity contribution >= 4 is 21.7 Å². The van der Waals surface area contributed by atoms with Gasteiger partial charge in [-0.3, -0.25) is 9.78 Å². The third-order valence-corrected chi connectivity index (χ3v) is 6.53. The molecular formula is C26H25FN2O5S. The molecule has 0 unspecified atom stereocenters. The molecule has 2 aromatic carbocycles.